The van der Waals surface area contributed by atoms with Crippen LogP contribution in [0.5, 0.6) is 0 Å². The first-order valence-electron chi connectivity index (χ1n) is 5.29. The first-order valence-corrected chi connectivity index (χ1v) is 5.29. The Bertz CT molecular complexity index is 243. The van der Waals surface area contributed by atoms with E-state index in [1.807, 2.05) is 6.92 Å². The molecule has 0 saturated carbocycles. The van der Waals surface area contributed by atoms with Crippen LogP contribution in [-0.2, 0) is 14.3 Å². The molecule has 0 aliphatic rings. The number of carbonyl (C=O) groups is 2. The van der Waals surface area contributed by atoms with Gasteiger partial charge in [0, 0.05) is 0 Å². The number of ether oxygens (including phenoxy) is 1. The number of aliphatic hydroxyl groups excluding tert-OH is 4. The van der Waals surface area contributed by atoms with Crippen molar-refractivity contribution < 1.29 is 34.8 Å². The molecule has 0 unspecified atom stereocenters. The highest BCUT2D eigenvalue weighted by atomic mass is 16.5. The smallest absolute Gasteiger partial charge is 0.337 e. The van der Waals surface area contributed by atoms with Gasteiger partial charge in [-0.1, -0.05) is 13.3 Å². The van der Waals surface area contributed by atoms with Crippen molar-refractivity contribution in [3.8, 4) is 0 Å². The van der Waals surface area contributed by atoms with Gasteiger partial charge in [0.05, 0.1) is 6.61 Å². The summed E-state index contributed by atoms with van der Waals surface area (Å²) in [7, 11) is 0. The summed E-state index contributed by atoms with van der Waals surface area (Å²) in [6.07, 6.45) is -6.42. The van der Waals surface area contributed by atoms with Crippen LogP contribution in [0.1, 0.15) is 19.8 Å². The average Bonchev–Trinajstić information content (AvgIpc) is 2.35. The third-order valence-corrected chi connectivity index (χ3v) is 2.15. The molecule has 0 aromatic carbocycles. The minimum absolute atomic E-state index is 0.0109. The van der Waals surface area contributed by atoms with Gasteiger partial charge in [-0.3, -0.25) is 0 Å². The van der Waals surface area contributed by atoms with E-state index in [0.717, 1.165) is 6.42 Å². The summed E-state index contributed by atoms with van der Waals surface area (Å²) < 4.78 is 4.60. The maximum atomic E-state index is 11.2. The summed E-state index contributed by atoms with van der Waals surface area (Å²) >= 11 is 0. The SMILES string of the molecule is CCCCOC(=O)[C@@H](O)[C@@H](O)[C@H](O)[C@@H](O)C=O. The van der Waals surface area contributed by atoms with E-state index < -0.39 is 30.4 Å². The highest BCUT2D eigenvalue weighted by molar-refractivity contribution is 5.75. The molecule has 100 valence electrons. The third-order valence-electron chi connectivity index (χ3n) is 2.15. The van der Waals surface area contributed by atoms with Gasteiger partial charge in [-0.25, -0.2) is 4.79 Å². The van der Waals surface area contributed by atoms with Gasteiger partial charge in [0.15, 0.2) is 12.4 Å². The lowest BCUT2D eigenvalue weighted by molar-refractivity contribution is -0.169. The molecule has 0 bridgehead atoms. The van der Waals surface area contributed by atoms with Crippen molar-refractivity contribution in [3.63, 3.8) is 0 Å². The molecule has 0 heterocycles. The maximum Gasteiger partial charge on any atom is 0.337 e. The highest BCUT2D eigenvalue weighted by Crippen LogP contribution is 2.06. The molecule has 0 aliphatic heterocycles. The van der Waals surface area contributed by atoms with Gasteiger partial charge in [0.25, 0.3) is 0 Å². The van der Waals surface area contributed by atoms with Gasteiger partial charge >= 0.3 is 5.97 Å². The molecule has 0 aromatic heterocycles. The lowest BCUT2D eigenvalue weighted by atomic mass is 10.0. The van der Waals surface area contributed by atoms with Crippen LogP contribution >= 0.6 is 0 Å². The molecule has 0 rings (SSSR count). The fourth-order valence-electron chi connectivity index (χ4n) is 1.01. The van der Waals surface area contributed by atoms with E-state index in [1.165, 1.54) is 0 Å². The Morgan fingerprint density at radius 1 is 1.24 bits per heavy atom. The third kappa shape index (κ3) is 5.22. The second kappa shape index (κ2) is 8.13. The number of hydrogen-bond donors (Lipinski definition) is 4. The maximum absolute atomic E-state index is 11.2. The minimum Gasteiger partial charge on any atom is -0.464 e. The van der Waals surface area contributed by atoms with Crippen LogP contribution in [0.4, 0.5) is 0 Å². The Morgan fingerprint density at radius 3 is 2.29 bits per heavy atom. The monoisotopic (exact) mass is 250 g/mol. The highest BCUT2D eigenvalue weighted by Gasteiger charge is 2.35. The first-order chi connectivity index (χ1) is 7.95. The van der Waals surface area contributed by atoms with Crippen molar-refractivity contribution in [2.45, 2.75) is 44.2 Å². The van der Waals surface area contributed by atoms with E-state index in [0.29, 0.717) is 6.42 Å². The molecule has 0 aliphatic carbocycles. The van der Waals surface area contributed by atoms with E-state index in [9.17, 15) is 24.9 Å². The Hall–Kier alpha value is -1.02. The molecular weight excluding hydrogens is 232 g/mol. The zero-order chi connectivity index (χ0) is 13.4. The summed E-state index contributed by atoms with van der Waals surface area (Å²) in [4.78, 5) is 21.3. The zero-order valence-corrected chi connectivity index (χ0v) is 9.52. The number of unbranched alkanes of at least 4 members (excludes halogenated alkanes) is 1. The molecular formula is C10H18O7. The van der Waals surface area contributed by atoms with Crippen LogP contribution in [0.2, 0.25) is 0 Å². The summed E-state index contributed by atoms with van der Waals surface area (Å²) in [6, 6.07) is 0. The molecule has 0 saturated heterocycles. The van der Waals surface area contributed by atoms with Crippen LogP contribution in [0.3, 0.4) is 0 Å². The fraction of sp³-hybridized carbons (Fsp3) is 0.800. The summed E-state index contributed by atoms with van der Waals surface area (Å²) in [5.74, 6) is -1.11. The van der Waals surface area contributed by atoms with Crippen LogP contribution < -0.4 is 0 Å². The lowest BCUT2D eigenvalue weighted by Crippen LogP contribution is -2.48. The van der Waals surface area contributed by atoms with Crippen molar-refractivity contribution in [1.29, 1.82) is 0 Å². The van der Waals surface area contributed by atoms with Crippen LogP contribution in [0.25, 0.3) is 0 Å². The van der Waals surface area contributed by atoms with Gasteiger partial charge in [0.2, 0.25) is 0 Å². The Morgan fingerprint density at radius 2 is 1.82 bits per heavy atom. The van der Waals surface area contributed by atoms with E-state index in [4.69, 9.17) is 5.11 Å². The fourth-order valence-corrected chi connectivity index (χ4v) is 1.01. The number of aldehydes is 1. The summed E-state index contributed by atoms with van der Waals surface area (Å²) in [5.41, 5.74) is 0. The molecule has 0 radical (unpaired) electrons. The second-order valence-electron chi connectivity index (χ2n) is 3.57. The van der Waals surface area contributed by atoms with E-state index in [-0.39, 0.29) is 12.9 Å². The van der Waals surface area contributed by atoms with Gasteiger partial charge in [0.1, 0.15) is 18.3 Å². The Labute approximate surface area is 98.6 Å². The largest absolute Gasteiger partial charge is 0.464 e. The van der Waals surface area contributed by atoms with Crippen molar-refractivity contribution in [2.75, 3.05) is 6.61 Å². The zero-order valence-electron chi connectivity index (χ0n) is 9.52. The Balaban J connectivity index is 4.23. The number of rotatable bonds is 8. The lowest BCUT2D eigenvalue weighted by Gasteiger charge is -2.22. The molecule has 17 heavy (non-hydrogen) atoms. The number of esters is 1. The Kier molecular flexibility index (Phi) is 7.64. The molecule has 0 fully saturated rings. The topological polar surface area (TPSA) is 124 Å². The second-order valence-corrected chi connectivity index (χ2v) is 3.57. The summed E-state index contributed by atoms with van der Waals surface area (Å²) in [5, 5.41) is 36.7. The van der Waals surface area contributed by atoms with Crippen molar-refractivity contribution in [3.05, 3.63) is 0 Å². The normalized spacial score (nSPS) is 17.9. The first kappa shape index (κ1) is 16.0. The van der Waals surface area contributed by atoms with Gasteiger partial charge in [-0.15, -0.1) is 0 Å². The van der Waals surface area contributed by atoms with Crippen LogP contribution in [0, 0.1) is 0 Å². The quantitative estimate of drug-likeness (QED) is 0.222. The number of aliphatic hydroxyl groups is 4. The summed E-state index contributed by atoms with van der Waals surface area (Å²) in [6.45, 7) is 1.97. The standard InChI is InChI=1S/C10H18O7/c1-2-3-4-17-10(16)9(15)8(14)7(13)6(12)5-11/h5-9,12-15H,2-4H2,1H3/t6-,7+,8-,9-/m0/s1. The van der Waals surface area contributed by atoms with Gasteiger partial charge in [-0.2, -0.15) is 0 Å². The van der Waals surface area contributed by atoms with E-state index >= 15 is 0 Å². The van der Waals surface area contributed by atoms with Gasteiger partial charge in [-0.05, 0) is 6.42 Å². The van der Waals surface area contributed by atoms with E-state index in [1.54, 1.807) is 0 Å². The van der Waals surface area contributed by atoms with E-state index in [2.05, 4.69) is 4.74 Å². The van der Waals surface area contributed by atoms with Crippen molar-refractivity contribution in [1.82, 2.24) is 0 Å². The molecule has 7 heteroatoms. The van der Waals surface area contributed by atoms with Crippen molar-refractivity contribution >= 4 is 12.3 Å². The number of carbonyl (C=O) groups excluding carboxylic acids is 2. The molecule has 4 atom stereocenters. The van der Waals surface area contributed by atoms with Crippen LogP contribution in [0.15, 0.2) is 0 Å². The minimum atomic E-state index is -2.00. The predicted molar refractivity (Wildman–Crippen MR) is 56.0 cm³/mol. The molecule has 0 amide bonds. The predicted octanol–water partition coefficient (Wildman–Crippen LogP) is -2.03. The molecule has 7 nitrogen and oxygen atoms in total. The van der Waals surface area contributed by atoms with Gasteiger partial charge < -0.3 is 30.0 Å². The molecule has 0 spiro atoms. The number of hydrogen-bond acceptors (Lipinski definition) is 7. The molecule has 4 N–H and O–H groups in total. The molecule has 0 aromatic rings. The van der Waals surface area contributed by atoms with Crippen molar-refractivity contribution in [2.24, 2.45) is 0 Å². The average molecular weight is 250 g/mol. The van der Waals surface area contributed by atoms with Crippen LogP contribution in [-0.4, -0.2) is 63.7 Å².